The molecule has 1 aromatic heterocycles. The van der Waals surface area contributed by atoms with Crippen LogP contribution in [0.2, 0.25) is 0 Å². The van der Waals surface area contributed by atoms with Gasteiger partial charge in [0.05, 0.1) is 34.3 Å². The van der Waals surface area contributed by atoms with Crippen molar-refractivity contribution in [3.8, 4) is 39.4 Å². The van der Waals surface area contributed by atoms with E-state index in [9.17, 15) is 9.60 Å². The predicted molar refractivity (Wildman–Crippen MR) is 253 cm³/mol. The molecule has 3 heterocycles. The topological polar surface area (TPSA) is 14.2 Å². The second-order valence-corrected chi connectivity index (χ2v) is 19.1. The van der Waals surface area contributed by atoms with Crippen LogP contribution in [0.25, 0.3) is 49.7 Å². The van der Waals surface area contributed by atoms with Crippen LogP contribution in [0, 0.1) is 0 Å². The molecule has 0 fully saturated rings. The van der Waals surface area contributed by atoms with Crippen LogP contribution < -0.4 is 36.4 Å². The largest absolute Gasteiger partial charge is 0.458 e. The lowest BCUT2D eigenvalue weighted by atomic mass is 9.57. The third-order valence-electron chi connectivity index (χ3n) is 11.1. The molecule has 2 nitrogen and oxygen atoms in total. The maximum absolute atomic E-state index is 10.4. The predicted octanol–water partition coefficient (Wildman–Crippen LogP) is 9.81. The number of nitrogens with zero attached hydrogens (tertiary/aromatic N) is 1. The average molecular weight is 803 g/mol. The number of ether oxygens (including phenoxy) is 1. The summed E-state index contributed by atoms with van der Waals surface area (Å²) >= 11 is 0.901. The van der Waals surface area contributed by atoms with E-state index in [1.165, 1.54) is 0 Å². The Balaban J connectivity index is 1.22. The van der Waals surface area contributed by atoms with Gasteiger partial charge in [-0.1, -0.05) is 176 Å². The van der Waals surface area contributed by atoms with Gasteiger partial charge in [-0.2, -0.15) is 11.6 Å². The summed E-state index contributed by atoms with van der Waals surface area (Å²) in [6.45, 7) is 0. The van der Waals surface area contributed by atoms with Crippen molar-refractivity contribution in [1.82, 2.24) is 4.57 Å². The summed E-state index contributed by atoms with van der Waals surface area (Å²) in [5.41, 5.74) is -0.808. The molecule has 2 aliphatic rings. The van der Waals surface area contributed by atoms with Crippen LogP contribution in [0.4, 0.5) is 0 Å². The Hall–Kier alpha value is -6.79. The normalized spacial score (nSPS) is 16.8. The average Bonchev–Trinajstić information content (AvgIpc) is 4.00. The summed E-state index contributed by atoms with van der Waals surface area (Å²) in [6.07, 6.45) is 0. The van der Waals surface area contributed by atoms with Gasteiger partial charge in [-0.05, 0) is 90.2 Å². The molecule has 0 N–H and O–H groups in total. The van der Waals surface area contributed by atoms with E-state index >= 15 is 0 Å². The van der Waals surface area contributed by atoms with Crippen molar-refractivity contribution in [1.29, 1.82) is 0 Å². The van der Waals surface area contributed by atoms with Crippen LogP contribution in [0.1, 0.15) is 23.3 Å². The molecular weight excluding hydrogens is 750 g/mol. The fourth-order valence-electron chi connectivity index (χ4n) is 8.70. The van der Waals surface area contributed by atoms with Gasteiger partial charge >= 0.3 is 0 Å². The maximum Gasteiger partial charge on any atom is 0.289 e. The van der Waals surface area contributed by atoms with Crippen LogP contribution in [-0.4, -0.2) is 18.6 Å². The number of para-hydroxylation sites is 2. The van der Waals surface area contributed by atoms with Crippen molar-refractivity contribution in [2.24, 2.45) is 0 Å². The molecule has 0 saturated heterocycles. The Kier molecular flexibility index (Phi) is 4.93. The molecule has 0 aliphatic carbocycles. The minimum Gasteiger partial charge on any atom is -0.458 e. The van der Waals surface area contributed by atoms with Crippen molar-refractivity contribution in [2.75, 3.05) is 0 Å². The molecule has 0 saturated carbocycles. The summed E-state index contributed by atoms with van der Waals surface area (Å²) in [4.78, 5) is 0.0188. The van der Waals surface area contributed by atoms with Gasteiger partial charge in [-0.25, -0.2) is 0 Å². The van der Waals surface area contributed by atoms with E-state index in [0.717, 1.165) is 36.9 Å². The summed E-state index contributed by atoms with van der Waals surface area (Å²) in [6, 6.07) is 27.5. The van der Waals surface area contributed by atoms with Gasteiger partial charge in [0.15, 0.2) is 8.07 Å². The van der Waals surface area contributed by atoms with Gasteiger partial charge in [0.2, 0.25) is 0 Å². The van der Waals surface area contributed by atoms with E-state index in [1.54, 1.807) is 6.07 Å². The highest BCUT2D eigenvalue weighted by atomic mass is 32.2. The molecule has 10 aromatic rings. The van der Waals surface area contributed by atoms with E-state index in [-0.39, 0.29) is 77.9 Å². The van der Waals surface area contributed by atoms with Crippen molar-refractivity contribution >= 4 is 79.2 Å². The van der Waals surface area contributed by atoms with Gasteiger partial charge in [0.1, 0.15) is 11.5 Å². The zero-order valence-corrected chi connectivity index (χ0v) is 32.6. The first-order valence-electron chi connectivity index (χ1n) is 27.4. The van der Waals surface area contributed by atoms with Crippen molar-refractivity contribution in [3.05, 3.63) is 218 Å². The third-order valence-corrected chi connectivity index (χ3v) is 17.2. The smallest absolute Gasteiger partial charge is 0.289 e. The van der Waals surface area contributed by atoms with Crippen molar-refractivity contribution in [2.45, 2.75) is 4.90 Å². The molecule has 0 unspecified atom stereocenters. The lowest BCUT2D eigenvalue weighted by Gasteiger charge is -2.36. The lowest BCUT2D eigenvalue weighted by Crippen LogP contribution is -2.75. The highest BCUT2D eigenvalue weighted by molar-refractivity contribution is 8.28. The molecule has 2 aliphatic heterocycles. The second kappa shape index (κ2) is 13.7. The minimum atomic E-state index is -3.46. The van der Waals surface area contributed by atoms with E-state index in [2.05, 4.69) is 36.4 Å². The SMILES string of the molecule is [2H]c1c([2H])c([2H])c2c(c1[2H])SB1c3c([2H])c([2H])c(-n4c5c([2H])c([2H])c([2H])c([2H])c5c5c([2H])c([2H])c([2H])c([2H])c54)c([2H])c3Oc3c([2H])c(-c4ccccc4[Si](c4ccccc4)(c4ccccc4)c4ccccc4)c([2H])c-2c31. The van der Waals surface area contributed by atoms with Crippen molar-refractivity contribution < 1.29 is 28.0 Å². The third kappa shape index (κ3) is 5.22. The maximum atomic E-state index is 10.4. The Bertz CT molecular complexity index is 4050. The van der Waals surface area contributed by atoms with E-state index in [1.807, 2.05) is 72.8 Å². The highest BCUT2D eigenvalue weighted by Crippen LogP contribution is 2.45. The Labute approximate surface area is 373 Å². The molecule has 9 aromatic carbocycles. The van der Waals surface area contributed by atoms with Crippen molar-refractivity contribution in [3.63, 3.8) is 0 Å². The van der Waals surface area contributed by atoms with Crippen LogP contribution in [0.3, 0.4) is 0 Å². The molecule has 0 amide bonds. The molecule has 0 atom stereocenters. The van der Waals surface area contributed by atoms with Gasteiger partial charge in [0.25, 0.3) is 5.99 Å². The summed E-state index contributed by atoms with van der Waals surface area (Å²) < 4.78 is 165. The molecule has 276 valence electrons. The van der Waals surface area contributed by atoms with Crippen LogP contribution in [0.5, 0.6) is 11.5 Å². The van der Waals surface area contributed by atoms with Gasteiger partial charge < -0.3 is 9.30 Å². The molecular formula is C54H36BNOSSi. The fraction of sp³-hybridized carbons (Fsp3) is 0. The first kappa shape index (κ1) is 21.3. The van der Waals surface area contributed by atoms with Gasteiger partial charge in [-0.15, -0.1) is 0 Å². The zero-order valence-electron chi connectivity index (χ0n) is 47.8. The van der Waals surface area contributed by atoms with Gasteiger partial charge in [-0.3, -0.25) is 0 Å². The number of rotatable bonds is 6. The minimum absolute atomic E-state index is 0.00883. The molecule has 59 heavy (non-hydrogen) atoms. The zero-order chi connectivity index (χ0) is 53.7. The number of aromatic nitrogens is 1. The quantitative estimate of drug-likeness (QED) is 0.123. The first-order chi connectivity index (χ1) is 36.4. The first-order valence-corrected chi connectivity index (χ1v) is 21.8. The van der Waals surface area contributed by atoms with E-state index < -0.39 is 110 Å². The number of benzene rings is 9. The Morgan fingerprint density at radius 2 is 1.08 bits per heavy atom. The molecule has 0 spiro atoms. The molecule has 0 radical (unpaired) electrons. The van der Waals surface area contributed by atoms with E-state index in [4.69, 9.17) is 18.4 Å². The summed E-state index contributed by atoms with van der Waals surface area (Å²) in [5.74, 6) is -1.82. The summed E-state index contributed by atoms with van der Waals surface area (Å²) in [5, 5.41) is 3.12. The second-order valence-electron chi connectivity index (χ2n) is 14.2. The fourth-order valence-corrected chi connectivity index (χ4v) is 14.9. The van der Waals surface area contributed by atoms with E-state index in [0.29, 0.717) is 5.56 Å². The summed E-state index contributed by atoms with van der Waals surface area (Å²) in [7, 11) is -3.46. The molecule has 12 rings (SSSR count). The Morgan fingerprint density at radius 3 is 1.75 bits per heavy atom. The molecule has 5 heteroatoms. The van der Waals surface area contributed by atoms with Crippen LogP contribution in [-0.2, 0) is 0 Å². The van der Waals surface area contributed by atoms with Crippen LogP contribution in [0.15, 0.2) is 223 Å². The number of hydrogen-bond donors (Lipinski definition) is 0. The molecule has 0 bridgehead atoms. The lowest BCUT2D eigenvalue weighted by molar-refractivity contribution is 0.488. The number of fused-ring (bicyclic) bond motifs is 7. The van der Waals surface area contributed by atoms with Gasteiger partial charge in [0, 0.05) is 27.4 Å². The Morgan fingerprint density at radius 1 is 0.508 bits per heavy atom. The standard InChI is InChI=1S/C54H36BNOSSi/c1-4-18-39(19-5-1)59(40-20-6-2-7-21-40,41-22-8-3-9-23-41)53-31-17-13-24-42(53)37-34-46-45-27-12-16-30-52(45)58-55-47-33-32-38(36-50(47)57-51(35-37)54(46)55)56-48-28-14-10-25-43(48)44-26-11-15-29-49(44)56/h1-36H/i10D,11D,12D,14D,15D,16D,25D,26D,27D,28D,29D,30D,32D,33D,34D,35D,36D. The monoisotopic (exact) mass is 802 g/mol. The number of hydrogen-bond acceptors (Lipinski definition) is 2. The van der Waals surface area contributed by atoms with Crippen LogP contribution >= 0.6 is 11.6 Å². The highest BCUT2D eigenvalue weighted by Gasteiger charge is 2.44.